The predicted molar refractivity (Wildman–Crippen MR) is 146 cm³/mol. The Morgan fingerprint density at radius 1 is 1.19 bits per heavy atom. The number of fused-ring (bicyclic) bond motifs is 1. The zero-order chi connectivity index (χ0) is 26.1. The molecule has 4 heterocycles. The number of piperazine rings is 1. The smallest absolute Gasteiger partial charge is 0.318 e. The fraction of sp³-hybridized carbons (Fsp3) is 0.552. The number of aromatic nitrogens is 2. The summed E-state index contributed by atoms with van der Waals surface area (Å²) in [7, 11) is 2.16. The number of rotatable bonds is 7. The molecule has 37 heavy (non-hydrogen) atoms. The van der Waals surface area contributed by atoms with Crippen LogP contribution in [0.1, 0.15) is 47.7 Å². The zero-order valence-electron chi connectivity index (χ0n) is 22.7. The van der Waals surface area contributed by atoms with E-state index in [-0.39, 0.29) is 11.9 Å². The monoisotopic (exact) mass is 504 g/mol. The predicted octanol–water partition coefficient (Wildman–Crippen LogP) is 3.31. The minimum Gasteiger partial charge on any atom is -0.462 e. The Labute approximate surface area is 220 Å². The number of carbonyl (C=O) groups excluding carboxylic acids is 1. The van der Waals surface area contributed by atoms with Crippen LogP contribution in [0.15, 0.2) is 30.9 Å². The molecule has 1 aromatic carbocycles. The Bertz CT molecular complexity index is 1170. The molecule has 198 valence electrons. The maximum absolute atomic E-state index is 12.2. The molecular weight excluding hydrogens is 464 g/mol. The van der Waals surface area contributed by atoms with Crippen LogP contribution in [0.25, 0.3) is 0 Å². The molecule has 0 radical (unpaired) electrons. The first-order valence-electron chi connectivity index (χ1n) is 13.5. The molecule has 1 aromatic heterocycles. The number of hydrogen-bond acceptors (Lipinski definition) is 7. The summed E-state index contributed by atoms with van der Waals surface area (Å²) in [6, 6.07) is 7.68. The van der Waals surface area contributed by atoms with E-state index < -0.39 is 0 Å². The molecule has 5 rings (SSSR count). The topological polar surface area (TPSA) is 65.0 Å². The van der Waals surface area contributed by atoms with Gasteiger partial charge in [-0.25, -0.2) is 0 Å². The van der Waals surface area contributed by atoms with Crippen molar-refractivity contribution in [3.63, 3.8) is 0 Å². The lowest BCUT2D eigenvalue weighted by atomic mass is 10.1. The van der Waals surface area contributed by atoms with Crippen molar-refractivity contribution in [2.45, 2.75) is 65.3 Å². The van der Waals surface area contributed by atoms with Crippen molar-refractivity contribution in [1.29, 1.82) is 0 Å². The van der Waals surface area contributed by atoms with Crippen molar-refractivity contribution in [3.8, 4) is 6.01 Å². The Balaban J connectivity index is 1.40. The van der Waals surface area contributed by atoms with Crippen molar-refractivity contribution in [3.05, 3.63) is 58.8 Å². The highest BCUT2D eigenvalue weighted by Gasteiger charge is 2.33. The molecule has 8 nitrogen and oxygen atoms in total. The van der Waals surface area contributed by atoms with Crippen LogP contribution in [0, 0.1) is 13.8 Å². The van der Waals surface area contributed by atoms with Gasteiger partial charge in [0.25, 0.3) is 0 Å². The summed E-state index contributed by atoms with van der Waals surface area (Å²) in [5.74, 6) is 0.949. The van der Waals surface area contributed by atoms with Gasteiger partial charge < -0.3 is 19.4 Å². The van der Waals surface area contributed by atoms with Crippen molar-refractivity contribution >= 4 is 11.7 Å². The van der Waals surface area contributed by atoms with Crippen LogP contribution < -0.4 is 9.64 Å². The van der Waals surface area contributed by atoms with Crippen molar-refractivity contribution in [2.75, 3.05) is 44.7 Å². The van der Waals surface area contributed by atoms with Gasteiger partial charge in [0.2, 0.25) is 5.91 Å². The van der Waals surface area contributed by atoms with Crippen LogP contribution in [0.4, 0.5) is 5.82 Å². The second-order valence-corrected chi connectivity index (χ2v) is 10.9. The molecule has 0 aliphatic carbocycles. The number of aryl methyl sites for hydroxylation is 2. The summed E-state index contributed by atoms with van der Waals surface area (Å²) >= 11 is 0. The second kappa shape index (κ2) is 10.8. The minimum absolute atomic E-state index is 0.0104. The fourth-order valence-corrected chi connectivity index (χ4v) is 5.87. The van der Waals surface area contributed by atoms with Crippen LogP contribution in [-0.2, 0) is 24.4 Å². The van der Waals surface area contributed by atoms with Crippen LogP contribution in [0.3, 0.4) is 0 Å². The molecule has 0 spiro atoms. The second-order valence-electron chi connectivity index (χ2n) is 10.9. The summed E-state index contributed by atoms with van der Waals surface area (Å²) in [6.07, 6.45) is 3.76. The van der Waals surface area contributed by atoms with Gasteiger partial charge in [-0.1, -0.05) is 30.3 Å². The Hall–Kier alpha value is -2.97. The molecule has 2 atom stereocenters. The lowest BCUT2D eigenvalue weighted by Crippen LogP contribution is -2.54. The van der Waals surface area contributed by atoms with Gasteiger partial charge in [0.05, 0.1) is 5.69 Å². The van der Waals surface area contributed by atoms with Crippen molar-refractivity contribution < 1.29 is 9.53 Å². The quantitative estimate of drug-likeness (QED) is 0.536. The first-order valence-corrected chi connectivity index (χ1v) is 13.5. The van der Waals surface area contributed by atoms with Crippen LogP contribution in [0.2, 0.25) is 0 Å². The highest BCUT2D eigenvalue weighted by atomic mass is 16.5. The van der Waals surface area contributed by atoms with Gasteiger partial charge in [-0.15, -0.1) is 0 Å². The number of ether oxygens (including phenoxy) is 1. The third-order valence-corrected chi connectivity index (χ3v) is 8.17. The van der Waals surface area contributed by atoms with Gasteiger partial charge in [-0.05, 0) is 64.4 Å². The zero-order valence-corrected chi connectivity index (χ0v) is 22.7. The van der Waals surface area contributed by atoms with Crippen LogP contribution in [-0.4, -0.2) is 82.5 Å². The standard InChI is InChI=1S/C29H40N6O2/c1-6-27(36)34-12-13-35(22(4)15-34)28-25-17-33(16-23-14-20(2)9-10-21(23)3)18-26(25)30-29(31-28)37-19-24-8-7-11-32(24)5/h6,9-10,14,22,24H,1,7-8,11-13,15-19H2,2-5H3/t22-,24-/m0/s1. The van der Waals surface area contributed by atoms with Gasteiger partial charge >= 0.3 is 6.01 Å². The van der Waals surface area contributed by atoms with Crippen LogP contribution in [0.5, 0.6) is 6.01 Å². The summed E-state index contributed by atoms with van der Waals surface area (Å²) in [5, 5.41) is 0. The number of amides is 1. The van der Waals surface area contributed by atoms with Gasteiger partial charge in [-0.3, -0.25) is 9.69 Å². The lowest BCUT2D eigenvalue weighted by molar-refractivity contribution is -0.126. The van der Waals surface area contributed by atoms with E-state index in [4.69, 9.17) is 14.7 Å². The summed E-state index contributed by atoms with van der Waals surface area (Å²) in [6.45, 7) is 16.4. The SMILES string of the molecule is C=CC(=O)N1CCN(c2nc(OC[C@@H]3CCCN3C)nc3c2CN(Cc2cc(C)ccc2C)C3)[C@@H](C)C1. The number of hydrogen-bond donors (Lipinski definition) is 0. The summed E-state index contributed by atoms with van der Waals surface area (Å²) in [4.78, 5) is 31.1. The molecule has 2 aromatic rings. The highest BCUT2D eigenvalue weighted by molar-refractivity contribution is 5.87. The number of likely N-dealkylation sites (tertiary alicyclic amines) is 1. The lowest BCUT2D eigenvalue weighted by Gasteiger charge is -2.40. The molecule has 2 fully saturated rings. The fourth-order valence-electron chi connectivity index (χ4n) is 5.87. The van der Waals surface area contributed by atoms with E-state index in [1.807, 2.05) is 4.90 Å². The van der Waals surface area contributed by atoms with E-state index in [2.05, 4.69) is 67.3 Å². The summed E-state index contributed by atoms with van der Waals surface area (Å²) in [5.41, 5.74) is 6.20. The maximum atomic E-state index is 12.2. The Kier molecular flexibility index (Phi) is 7.49. The van der Waals surface area contributed by atoms with Gasteiger partial charge in [0.1, 0.15) is 12.4 Å². The van der Waals surface area contributed by atoms with Gasteiger partial charge in [0.15, 0.2) is 0 Å². The van der Waals surface area contributed by atoms with Crippen molar-refractivity contribution in [2.24, 2.45) is 0 Å². The van der Waals surface area contributed by atoms with E-state index in [0.29, 0.717) is 31.7 Å². The molecule has 0 bridgehead atoms. The first-order chi connectivity index (χ1) is 17.8. The molecular formula is C29H40N6O2. The average molecular weight is 505 g/mol. The molecule has 3 aliphatic heterocycles. The van der Waals surface area contributed by atoms with Crippen molar-refractivity contribution in [1.82, 2.24) is 24.7 Å². The van der Waals surface area contributed by atoms with E-state index in [0.717, 1.165) is 50.7 Å². The average Bonchev–Trinajstić information content (AvgIpc) is 3.49. The molecule has 0 unspecified atom stereocenters. The maximum Gasteiger partial charge on any atom is 0.318 e. The number of carbonyl (C=O) groups is 1. The molecule has 3 aliphatic rings. The largest absolute Gasteiger partial charge is 0.462 e. The molecule has 1 amide bonds. The van der Waals surface area contributed by atoms with E-state index in [1.54, 1.807) is 0 Å². The summed E-state index contributed by atoms with van der Waals surface area (Å²) < 4.78 is 6.23. The molecule has 8 heteroatoms. The third-order valence-electron chi connectivity index (χ3n) is 8.17. The number of nitrogens with zero attached hydrogens (tertiary/aromatic N) is 6. The van der Waals surface area contributed by atoms with Crippen LogP contribution >= 0.6 is 0 Å². The normalized spacial score (nSPS) is 22.4. The number of benzene rings is 1. The van der Waals surface area contributed by atoms with Gasteiger partial charge in [0, 0.05) is 56.9 Å². The molecule has 0 saturated carbocycles. The van der Waals surface area contributed by atoms with E-state index in [1.165, 1.54) is 34.8 Å². The first kappa shape index (κ1) is 25.7. The Morgan fingerprint density at radius 3 is 2.76 bits per heavy atom. The molecule has 2 saturated heterocycles. The highest BCUT2D eigenvalue weighted by Crippen LogP contribution is 2.34. The number of likely N-dealkylation sites (N-methyl/N-ethyl adjacent to an activating group) is 1. The number of anilines is 1. The Morgan fingerprint density at radius 2 is 2.03 bits per heavy atom. The van der Waals surface area contributed by atoms with E-state index >= 15 is 0 Å². The minimum atomic E-state index is -0.0104. The third kappa shape index (κ3) is 5.50. The molecule has 0 N–H and O–H groups in total. The van der Waals surface area contributed by atoms with Gasteiger partial charge in [-0.2, -0.15) is 9.97 Å². The van der Waals surface area contributed by atoms with E-state index in [9.17, 15) is 4.79 Å².